The lowest BCUT2D eigenvalue weighted by Crippen LogP contribution is -2.12. The van der Waals surface area contributed by atoms with Crippen LogP contribution in [0.25, 0.3) is 0 Å². The first-order valence-corrected chi connectivity index (χ1v) is 7.65. The normalized spacial score (nSPS) is 10.7. The van der Waals surface area contributed by atoms with Crippen molar-refractivity contribution in [3.8, 4) is 0 Å². The largest absolute Gasteiger partial charge is 0.382 e. The molecule has 0 spiro atoms. The van der Waals surface area contributed by atoms with Gasteiger partial charge in [-0.25, -0.2) is 4.98 Å². The fraction of sp³-hybridized carbons (Fsp3) is 0.333. The summed E-state index contributed by atoms with van der Waals surface area (Å²) < 4.78 is 0. The number of nitrogens with two attached hydrogens (primary N) is 1. The number of benzene rings is 1. The number of nitrogens with zero attached hydrogens (tertiary/aromatic N) is 1. The van der Waals surface area contributed by atoms with E-state index < -0.39 is 0 Å². The quantitative estimate of drug-likeness (QED) is 0.791. The van der Waals surface area contributed by atoms with Crippen LogP contribution in [0, 0.1) is 12.8 Å². The zero-order valence-electron chi connectivity index (χ0n) is 12.4. The topological polar surface area (TPSA) is 80.0 Å². The molecule has 0 fully saturated rings. The summed E-state index contributed by atoms with van der Waals surface area (Å²) in [7, 11) is 0. The molecule has 2 aromatic rings. The number of carbonyl (C=O) groups is 1. The molecule has 4 N–H and O–H groups in total. The van der Waals surface area contributed by atoms with Gasteiger partial charge in [0.25, 0.3) is 5.91 Å². The maximum absolute atomic E-state index is 12.2. The number of nitrogens with one attached hydrogen (secondary N) is 2. The van der Waals surface area contributed by atoms with Crippen LogP contribution in [-0.4, -0.2) is 17.4 Å². The standard InChI is InChI=1S/C15H20N4OS/c1-9(2)8-17-15-19-13(16)12(21-15)14(20)18-11-6-4-5-10(3)7-11/h4-7,9H,8,16H2,1-3H3,(H,17,19)(H,18,20). The molecule has 0 saturated heterocycles. The smallest absolute Gasteiger partial charge is 0.269 e. The van der Waals surface area contributed by atoms with Gasteiger partial charge in [-0.2, -0.15) is 0 Å². The number of anilines is 3. The Bertz CT molecular complexity index is 636. The first-order chi connectivity index (χ1) is 9.95. The molecule has 5 nitrogen and oxygen atoms in total. The Morgan fingerprint density at radius 1 is 1.43 bits per heavy atom. The van der Waals surface area contributed by atoms with Gasteiger partial charge in [0.1, 0.15) is 10.7 Å². The zero-order valence-corrected chi connectivity index (χ0v) is 13.3. The number of amides is 1. The van der Waals surface area contributed by atoms with Crippen LogP contribution in [-0.2, 0) is 0 Å². The Morgan fingerprint density at radius 2 is 2.19 bits per heavy atom. The van der Waals surface area contributed by atoms with E-state index in [1.807, 2.05) is 31.2 Å². The average molecular weight is 304 g/mol. The summed E-state index contributed by atoms with van der Waals surface area (Å²) >= 11 is 1.27. The van der Waals surface area contributed by atoms with E-state index in [4.69, 9.17) is 5.73 Å². The van der Waals surface area contributed by atoms with Gasteiger partial charge in [-0.3, -0.25) is 4.79 Å². The lowest BCUT2D eigenvalue weighted by Gasteiger charge is -2.05. The number of rotatable bonds is 5. The predicted octanol–water partition coefficient (Wildman–Crippen LogP) is 3.35. The summed E-state index contributed by atoms with van der Waals surface area (Å²) in [6, 6.07) is 7.63. The molecule has 0 aliphatic carbocycles. The van der Waals surface area contributed by atoms with Gasteiger partial charge in [0.2, 0.25) is 0 Å². The molecule has 1 aromatic heterocycles. The summed E-state index contributed by atoms with van der Waals surface area (Å²) in [4.78, 5) is 16.9. The summed E-state index contributed by atoms with van der Waals surface area (Å²) in [6.07, 6.45) is 0. The Kier molecular flexibility index (Phi) is 4.80. The number of nitrogen functional groups attached to an aromatic ring is 1. The van der Waals surface area contributed by atoms with Crippen molar-refractivity contribution < 1.29 is 4.79 Å². The van der Waals surface area contributed by atoms with Crippen LogP contribution < -0.4 is 16.4 Å². The van der Waals surface area contributed by atoms with Crippen LogP contribution in [0.1, 0.15) is 29.1 Å². The first-order valence-electron chi connectivity index (χ1n) is 6.84. The fourth-order valence-corrected chi connectivity index (χ4v) is 2.56. The van der Waals surface area contributed by atoms with Crippen LogP contribution in [0.2, 0.25) is 0 Å². The van der Waals surface area contributed by atoms with Crippen molar-refractivity contribution in [2.24, 2.45) is 5.92 Å². The van der Waals surface area contributed by atoms with Crippen LogP contribution >= 0.6 is 11.3 Å². The molecule has 0 aliphatic heterocycles. The molecule has 1 heterocycles. The van der Waals surface area contributed by atoms with Crippen molar-refractivity contribution in [3.63, 3.8) is 0 Å². The number of hydrogen-bond donors (Lipinski definition) is 3. The molecule has 1 amide bonds. The number of carbonyl (C=O) groups excluding carboxylic acids is 1. The van der Waals surface area contributed by atoms with Gasteiger partial charge in [-0.05, 0) is 30.5 Å². The molecule has 0 atom stereocenters. The fourth-order valence-electron chi connectivity index (χ4n) is 1.77. The minimum absolute atomic E-state index is 0.229. The Hall–Kier alpha value is -2.08. The molecule has 0 aliphatic rings. The molecule has 112 valence electrons. The molecule has 1 aromatic carbocycles. The van der Waals surface area contributed by atoms with Gasteiger partial charge in [0.15, 0.2) is 5.13 Å². The molecule has 0 bridgehead atoms. The minimum Gasteiger partial charge on any atom is -0.382 e. The predicted molar refractivity (Wildman–Crippen MR) is 89.0 cm³/mol. The summed E-state index contributed by atoms with van der Waals surface area (Å²) in [6.45, 7) is 6.99. The lowest BCUT2D eigenvalue weighted by molar-refractivity contribution is 0.103. The molecular weight excluding hydrogens is 284 g/mol. The summed E-state index contributed by atoms with van der Waals surface area (Å²) in [5.41, 5.74) is 7.67. The third-order valence-corrected chi connectivity index (χ3v) is 3.82. The van der Waals surface area contributed by atoms with Crippen molar-refractivity contribution in [1.82, 2.24) is 4.98 Å². The molecule has 0 radical (unpaired) electrons. The highest BCUT2D eigenvalue weighted by Gasteiger charge is 2.16. The van der Waals surface area contributed by atoms with E-state index in [-0.39, 0.29) is 11.7 Å². The van der Waals surface area contributed by atoms with Crippen molar-refractivity contribution >= 4 is 33.9 Å². The monoisotopic (exact) mass is 304 g/mol. The summed E-state index contributed by atoms with van der Waals surface area (Å²) in [5.74, 6) is 0.532. The van der Waals surface area contributed by atoms with Gasteiger partial charge in [-0.1, -0.05) is 37.3 Å². The number of thiazole rings is 1. The second-order valence-electron chi connectivity index (χ2n) is 5.33. The highest BCUT2D eigenvalue weighted by molar-refractivity contribution is 7.18. The maximum atomic E-state index is 12.2. The Labute approximate surface area is 128 Å². The number of hydrogen-bond acceptors (Lipinski definition) is 5. The van der Waals surface area contributed by atoms with Gasteiger partial charge >= 0.3 is 0 Å². The highest BCUT2D eigenvalue weighted by Crippen LogP contribution is 2.26. The molecule has 21 heavy (non-hydrogen) atoms. The summed E-state index contributed by atoms with van der Waals surface area (Å²) in [5, 5.41) is 6.70. The molecule has 2 rings (SSSR count). The van der Waals surface area contributed by atoms with Crippen molar-refractivity contribution in [2.75, 3.05) is 22.9 Å². The van der Waals surface area contributed by atoms with Crippen molar-refractivity contribution in [1.29, 1.82) is 0 Å². The van der Waals surface area contributed by atoms with Gasteiger partial charge in [-0.15, -0.1) is 0 Å². The Morgan fingerprint density at radius 3 is 2.86 bits per heavy atom. The van der Waals surface area contributed by atoms with E-state index in [1.165, 1.54) is 11.3 Å². The second kappa shape index (κ2) is 6.58. The Balaban J connectivity index is 2.08. The van der Waals surface area contributed by atoms with Gasteiger partial charge in [0.05, 0.1) is 0 Å². The minimum atomic E-state index is -0.229. The number of aryl methyl sites for hydroxylation is 1. The molecule has 0 unspecified atom stereocenters. The van der Waals surface area contributed by atoms with E-state index in [9.17, 15) is 4.79 Å². The van der Waals surface area contributed by atoms with Crippen LogP contribution in [0.15, 0.2) is 24.3 Å². The molecule has 6 heteroatoms. The lowest BCUT2D eigenvalue weighted by atomic mass is 10.2. The van der Waals surface area contributed by atoms with E-state index >= 15 is 0 Å². The van der Waals surface area contributed by atoms with E-state index in [1.54, 1.807) is 0 Å². The van der Waals surface area contributed by atoms with Crippen LogP contribution in [0.5, 0.6) is 0 Å². The number of aromatic nitrogens is 1. The van der Waals surface area contributed by atoms with Gasteiger partial charge < -0.3 is 16.4 Å². The third kappa shape index (κ3) is 4.19. The second-order valence-corrected chi connectivity index (χ2v) is 6.33. The van der Waals surface area contributed by atoms with Crippen LogP contribution in [0.4, 0.5) is 16.6 Å². The third-order valence-electron chi connectivity index (χ3n) is 2.80. The van der Waals surface area contributed by atoms with E-state index in [2.05, 4.69) is 29.5 Å². The van der Waals surface area contributed by atoms with Gasteiger partial charge in [0, 0.05) is 12.2 Å². The first kappa shape index (κ1) is 15.3. The zero-order chi connectivity index (χ0) is 15.4. The average Bonchev–Trinajstić information content (AvgIpc) is 2.78. The maximum Gasteiger partial charge on any atom is 0.269 e. The van der Waals surface area contributed by atoms with Crippen molar-refractivity contribution in [3.05, 3.63) is 34.7 Å². The molecule has 0 saturated carbocycles. The molecular formula is C15H20N4OS. The SMILES string of the molecule is Cc1cccc(NC(=O)c2sc(NCC(C)C)nc2N)c1. The van der Waals surface area contributed by atoms with E-state index in [0.29, 0.717) is 15.9 Å². The van der Waals surface area contributed by atoms with E-state index in [0.717, 1.165) is 17.8 Å². The van der Waals surface area contributed by atoms with Crippen LogP contribution in [0.3, 0.4) is 0 Å². The van der Waals surface area contributed by atoms with Crippen molar-refractivity contribution in [2.45, 2.75) is 20.8 Å². The highest BCUT2D eigenvalue weighted by atomic mass is 32.1.